The van der Waals surface area contributed by atoms with E-state index in [2.05, 4.69) is 20.9 Å². The van der Waals surface area contributed by atoms with E-state index < -0.39 is 10.3 Å². The topological polar surface area (TPSA) is 102 Å². The number of nitrogens with two attached hydrogens (primary N) is 1. The average Bonchev–Trinajstić information content (AvgIpc) is 2.65. The van der Waals surface area contributed by atoms with Gasteiger partial charge < -0.3 is 9.92 Å². The Balaban J connectivity index is 2.24. The highest BCUT2D eigenvalue weighted by Crippen LogP contribution is 2.21. The van der Waals surface area contributed by atoms with Gasteiger partial charge in [0, 0.05) is 39.6 Å². The maximum absolute atomic E-state index is 12.2. The summed E-state index contributed by atoms with van der Waals surface area (Å²) in [5, 5.41) is 0. The highest BCUT2D eigenvalue weighted by atomic mass is 32.2. The van der Waals surface area contributed by atoms with Gasteiger partial charge in [-0.15, -0.1) is 0 Å². The average molecular weight is 422 g/mol. The van der Waals surface area contributed by atoms with Gasteiger partial charge in [-0.05, 0) is 63.0 Å². The molecule has 9 heteroatoms. The summed E-state index contributed by atoms with van der Waals surface area (Å²) < 4.78 is 30.6. The van der Waals surface area contributed by atoms with E-state index in [1.807, 2.05) is 20.0 Å². The van der Waals surface area contributed by atoms with E-state index in [1.54, 1.807) is 18.3 Å². The van der Waals surface area contributed by atoms with Crippen LogP contribution in [0.1, 0.15) is 35.4 Å². The molecule has 160 valence electrons. The fourth-order valence-corrected chi connectivity index (χ4v) is 3.36. The van der Waals surface area contributed by atoms with E-state index in [0.29, 0.717) is 25.3 Å². The number of aryl methyl sites for hydroxylation is 2. The minimum absolute atomic E-state index is 0.235. The Labute approximate surface area is 174 Å². The van der Waals surface area contributed by atoms with Crippen LogP contribution in [0.25, 0.3) is 0 Å². The number of hydrogen-bond donors (Lipinski definition) is 1. The van der Waals surface area contributed by atoms with Gasteiger partial charge in [0.05, 0.1) is 11.4 Å². The number of rotatable bonds is 11. The molecule has 0 bridgehead atoms. The number of unbranched alkanes of at least 4 members (excludes halogenated alkanes) is 1. The standard InChI is InChI=1S/C20H31N5O3S/c1-16-12-17(2)18(23-13-16)14-25(11-6-5-9-21)15-19-20(8-7-10-22-19)28-29(26,27)24(3)4/h7-8,10,12-13H,5-6,9,11,14-15,21H2,1-4H3. The normalized spacial score (nSPS) is 12.0. The molecule has 0 aliphatic carbocycles. The van der Waals surface area contributed by atoms with Crippen LogP contribution in [0.2, 0.25) is 0 Å². The van der Waals surface area contributed by atoms with E-state index >= 15 is 0 Å². The molecule has 2 N–H and O–H groups in total. The first-order valence-electron chi connectivity index (χ1n) is 9.63. The van der Waals surface area contributed by atoms with E-state index in [-0.39, 0.29) is 5.75 Å². The molecular weight excluding hydrogens is 390 g/mol. The van der Waals surface area contributed by atoms with Crippen molar-refractivity contribution in [3.63, 3.8) is 0 Å². The molecule has 29 heavy (non-hydrogen) atoms. The largest absolute Gasteiger partial charge is 0.384 e. The van der Waals surface area contributed by atoms with Gasteiger partial charge in [-0.3, -0.25) is 14.9 Å². The molecule has 0 saturated heterocycles. The Kier molecular flexibility index (Phi) is 8.51. The monoisotopic (exact) mass is 421 g/mol. The Bertz CT molecular complexity index is 903. The lowest BCUT2D eigenvalue weighted by Gasteiger charge is -2.23. The first-order valence-corrected chi connectivity index (χ1v) is 11.0. The van der Waals surface area contributed by atoms with Crippen molar-refractivity contribution in [1.82, 2.24) is 19.2 Å². The summed E-state index contributed by atoms with van der Waals surface area (Å²) in [5.74, 6) is 0.235. The summed E-state index contributed by atoms with van der Waals surface area (Å²) in [7, 11) is -1.00. The van der Waals surface area contributed by atoms with Crippen molar-refractivity contribution in [2.75, 3.05) is 27.2 Å². The van der Waals surface area contributed by atoms with Gasteiger partial charge >= 0.3 is 10.3 Å². The third-order valence-corrected chi connectivity index (χ3v) is 5.77. The molecule has 2 heterocycles. The molecule has 0 unspecified atom stereocenters. The Morgan fingerprint density at radius 1 is 1.10 bits per heavy atom. The van der Waals surface area contributed by atoms with Crippen molar-refractivity contribution in [3.05, 3.63) is 53.1 Å². The number of hydrogen-bond acceptors (Lipinski definition) is 7. The van der Waals surface area contributed by atoms with Crippen molar-refractivity contribution < 1.29 is 12.6 Å². The molecule has 8 nitrogen and oxygen atoms in total. The van der Waals surface area contributed by atoms with Gasteiger partial charge in [0.2, 0.25) is 0 Å². The summed E-state index contributed by atoms with van der Waals surface area (Å²) in [4.78, 5) is 11.1. The Morgan fingerprint density at radius 3 is 2.48 bits per heavy atom. The summed E-state index contributed by atoms with van der Waals surface area (Å²) in [5.41, 5.74) is 9.45. The third-order valence-electron chi connectivity index (χ3n) is 4.49. The van der Waals surface area contributed by atoms with Crippen LogP contribution in [-0.4, -0.2) is 54.8 Å². The minimum Gasteiger partial charge on any atom is -0.369 e. The van der Waals surface area contributed by atoms with Crippen molar-refractivity contribution in [3.8, 4) is 5.75 Å². The second-order valence-corrected chi connectivity index (χ2v) is 9.01. The molecule has 0 fully saturated rings. The molecule has 2 aromatic heterocycles. The zero-order chi connectivity index (χ0) is 21.4. The molecule has 2 rings (SSSR count). The lowest BCUT2D eigenvalue weighted by Crippen LogP contribution is -2.29. The van der Waals surface area contributed by atoms with Crippen molar-refractivity contribution >= 4 is 10.3 Å². The van der Waals surface area contributed by atoms with Gasteiger partial charge in [0.15, 0.2) is 5.75 Å². The van der Waals surface area contributed by atoms with Crippen LogP contribution in [0.3, 0.4) is 0 Å². The Hall–Kier alpha value is -2.07. The van der Waals surface area contributed by atoms with Crippen LogP contribution in [0.4, 0.5) is 0 Å². The molecule has 0 aromatic carbocycles. The molecule has 0 saturated carbocycles. The second kappa shape index (κ2) is 10.6. The summed E-state index contributed by atoms with van der Waals surface area (Å²) >= 11 is 0. The predicted molar refractivity (Wildman–Crippen MR) is 114 cm³/mol. The van der Waals surface area contributed by atoms with Crippen LogP contribution >= 0.6 is 0 Å². The van der Waals surface area contributed by atoms with Crippen LogP contribution in [0, 0.1) is 13.8 Å². The molecular formula is C20H31N5O3S. The summed E-state index contributed by atoms with van der Waals surface area (Å²) in [6.45, 7) is 6.57. The predicted octanol–water partition coefficient (Wildman–Crippen LogP) is 2.02. The molecule has 2 aromatic rings. The van der Waals surface area contributed by atoms with E-state index in [0.717, 1.165) is 40.5 Å². The fraction of sp³-hybridized carbons (Fsp3) is 0.500. The fourth-order valence-electron chi connectivity index (χ4n) is 2.83. The molecule has 0 amide bonds. The molecule has 0 aliphatic rings. The molecule has 0 spiro atoms. The van der Waals surface area contributed by atoms with Gasteiger partial charge in [-0.1, -0.05) is 6.07 Å². The minimum atomic E-state index is -3.85. The van der Waals surface area contributed by atoms with Crippen LogP contribution in [0.5, 0.6) is 5.75 Å². The zero-order valence-electron chi connectivity index (χ0n) is 17.6. The summed E-state index contributed by atoms with van der Waals surface area (Å²) in [6.07, 6.45) is 5.34. The maximum Gasteiger partial charge on any atom is 0.384 e. The lowest BCUT2D eigenvalue weighted by molar-refractivity contribution is 0.243. The van der Waals surface area contributed by atoms with E-state index in [4.69, 9.17) is 9.92 Å². The number of aromatic nitrogens is 2. The van der Waals surface area contributed by atoms with Crippen LogP contribution in [0.15, 0.2) is 30.6 Å². The van der Waals surface area contributed by atoms with Gasteiger partial charge in [0.25, 0.3) is 0 Å². The SMILES string of the molecule is Cc1cnc(CN(CCCCN)Cc2ncccc2OS(=O)(=O)N(C)C)c(C)c1. The van der Waals surface area contributed by atoms with E-state index in [9.17, 15) is 8.42 Å². The maximum atomic E-state index is 12.2. The lowest BCUT2D eigenvalue weighted by atomic mass is 10.1. The van der Waals surface area contributed by atoms with Gasteiger partial charge in [-0.25, -0.2) is 0 Å². The highest BCUT2D eigenvalue weighted by Gasteiger charge is 2.20. The van der Waals surface area contributed by atoms with Gasteiger partial charge in [0.1, 0.15) is 0 Å². The molecule has 0 aliphatic heterocycles. The first-order chi connectivity index (χ1) is 13.7. The highest BCUT2D eigenvalue weighted by molar-refractivity contribution is 7.84. The van der Waals surface area contributed by atoms with Crippen molar-refractivity contribution in [2.24, 2.45) is 5.73 Å². The third kappa shape index (κ3) is 7.04. The first kappa shape index (κ1) is 23.2. The van der Waals surface area contributed by atoms with Crippen LogP contribution in [-0.2, 0) is 23.4 Å². The molecule has 0 atom stereocenters. The van der Waals surface area contributed by atoms with Gasteiger partial charge in [-0.2, -0.15) is 12.7 Å². The molecule has 0 radical (unpaired) electrons. The number of pyridine rings is 2. The van der Waals surface area contributed by atoms with E-state index in [1.165, 1.54) is 14.1 Å². The quantitative estimate of drug-likeness (QED) is 0.554. The summed E-state index contributed by atoms with van der Waals surface area (Å²) in [6, 6.07) is 5.39. The van der Waals surface area contributed by atoms with Crippen molar-refractivity contribution in [1.29, 1.82) is 0 Å². The number of nitrogens with zero attached hydrogens (tertiary/aromatic N) is 4. The van der Waals surface area contributed by atoms with Crippen molar-refractivity contribution in [2.45, 2.75) is 39.8 Å². The smallest absolute Gasteiger partial charge is 0.369 e. The zero-order valence-corrected chi connectivity index (χ0v) is 18.4. The van der Waals surface area contributed by atoms with Crippen LogP contribution < -0.4 is 9.92 Å². The second-order valence-electron chi connectivity index (χ2n) is 7.25. The Morgan fingerprint density at radius 2 is 1.83 bits per heavy atom.